The fourth-order valence-corrected chi connectivity index (χ4v) is 2.46. The summed E-state index contributed by atoms with van der Waals surface area (Å²) in [6, 6.07) is 5.86. The first-order valence-electron chi connectivity index (χ1n) is 5.18. The van der Waals surface area contributed by atoms with Crippen molar-refractivity contribution in [3.63, 3.8) is 0 Å². The van der Waals surface area contributed by atoms with Gasteiger partial charge in [-0.15, -0.1) is 0 Å². The lowest BCUT2D eigenvalue weighted by Crippen LogP contribution is -2.12. The summed E-state index contributed by atoms with van der Waals surface area (Å²) in [5.74, 6) is 0.107. The number of amidine groups is 1. The number of hydrogen-bond donors (Lipinski definition) is 2. The molecule has 0 unspecified atom stereocenters. The fourth-order valence-electron chi connectivity index (χ4n) is 1.56. The van der Waals surface area contributed by atoms with Crippen LogP contribution in [0.1, 0.15) is 11.1 Å². The number of aryl methyl sites for hydroxylation is 2. The lowest BCUT2D eigenvalue weighted by molar-refractivity contribution is 0.790. The molecule has 1 aromatic carbocycles. The monoisotopic (exact) mass is 246 g/mol. The van der Waals surface area contributed by atoms with Gasteiger partial charge >= 0.3 is 0 Å². The van der Waals surface area contributed by atoms with Crippen molar-refractivity contribution in [3.05, 3.63) is 41.7 Å². The predicted octanol–water partition coefficient (Wildman–Crippen LogP) is 2.16. The molecule has 0 fully saturated rings. The summed E-state index contributed by atoms with van der Waals surface area (Å²) in [5, 5.41) is 8.38. The summed E-state index contributed by atoms with van der Waals surface area (Å²) in [6.45, 7) is 1.96. The topological polar surface area (TPSA) is 67.7 Å². The molecular weight excluding hydrogens is 232 g/mol. The highest BCUT2D eigenvalue weighted by atomic mass is 32.2. The minimum Gasteiger partial charge on any atom is -0.384 e. The first-order chi connectivity index (χ1) is 8.08. The van der Waals surface area contributed by atoms with Gasteiger partial charge in [-0.3, -0.25) is 5.41 Å². The Bertz CT molecular complexity index is 559. The van der Waals surface area contributed by atoms with Crippen LogP contribution in [0.5, 0.6) is 0 Å². The Labute approximate surface area is 104 Å². The van der Waals surface area contributed by atoms with Gasteiger partial charge in [0.05, 0.1) is 0 Å². The Hall–Kier alpha value is -1.75. The van der Waals surface area contributed by atoms with Crippen molar-refractivity contribution in [2.24, 2.45) is 12.8 Å². The lowest BCUT2D eigenvalue weighted by atomic mass is 10.1. The maximum Gasteiger partial charge on any atom is 0.172 e. The van der Waals surface area contributed by atoms with E-state index >= 15 is 0 Å². The molecule has 0 spiro atoms. The van der Waals surface area contributed by atoms with E-state index in [2.05, 4.69) is 4.98 Å². The van der Waals surface area contributed by atoms with Gasteiger partial charge < -0.3 is 10.3 Å². The van der Waals surface area contributed by atoms with Gasteiger partial charge in [0.1, 0.15) is 5.84 Å². The summed E-state index contributed by atoms with van der Waals surface area (Å²) >= 11 is 1.60. The average molecular weight is 246 g/mol. The zero-order chi connectivity index (χ0) is 12.4. The van der Waals surface area contributed by atoms with Crippen molar-refractivity contribution in [3.8, 4) is 0 Å². The summed E-state index contributed by atoms with van der Waals surface area (Å²) < 4.78 is 1.97. The van der Waals surface area contributed by atoms with Gasteiger partial charge in [-0.05, 0) is 30.7 Å². The van der Waals surface area contributed by atoms with Crippen molar-refractivity contribution in [1.29, 1.82) is 5.41 Å². The van der Waals surface area contributed by atoms with E-state index in [0.29, 0.717) is 0 Å². The first-order valence-corrected chi connectivity index (χ1v) is 6.00. The highest BCUT2D eigenvalue weighted by molar-refractivity contribution is 7.99. The van der Waals surface area contributed by atoms with Crippen LogP contribution in [0, 0.1) is 12.3 Å². The fraction of sp³-hybridized carbons (Fsp3) is 0.167. The van der Waals surface area contributed by atoms with E-state index < -0.39 is 0 Å². The second-order valence-electron chi connectivity index (χ2n) is 3.81. The van der Waals surface area contributed by atoms with Gasteiger partial charge in [-0.1, -0.05) is 11.8 Å². The lowest BCUT2D eigenvalue weighted by Gasteiger charge is -2.06. The highest BCUT2D eigenvalue weighted by Gasteiger charge is 2.06. The molecule has 0 radical (unpaired) electrons. The maximum atomic E-state index is 7.43. The van der Waals surface area contributed by atoms with Crippen molar-refractivity contribution >= 4 is 17.6 Å². The number of nitrogens with two attached hydrogens (primary N) is 1. The van der Waals surface area contributed by atoms with E-state index in [1.807, 2.05) is 42.9 Å². The Morgan fingerprint density at radius 3 is 2.76 bits per heavy atom. The third-order valence-corrected chi connectivity index (χ3v) is 3.54. The molecule has 2 aromatic rings. The number of nitrogen functional groups attached to an aromatic ring is 1. The summed E-state index contributed by atoms with van der Waals surface area (Å²) in [5.41, 5.74) is 7.28. The quantitative estimate of drug-likeness (QED) is 0.644. The van der Waals surface area contributed by atoms with Gasteiger partial charge in [0.15, 0.2) is 5.16 Å². The molecule has 0 amide bonds. The Balaban J connectivity index is 2.27. The normalized spacial score (nSPS) is 10.5. The molecular formula is C12H14N4S. The molecule has 2 rings (SSSR count). The largest absolute Gasteiger partial charge is 0.384 e. The van der Waals surface area contributed by atoms with Crippen LogP contribution in [0.3, 0.4) is 0 Å². The summed E-state index contributed by atoms with van der Waals surface area (Å²) in [7, 11) is 1.96. The second-order valence-corrected chi connectivity index (χ2v) is 4.85. The Kier molecular flexibility index (Phi) is 3.19. The number of nitrogens with one attached hydrogen (secondary N) is 1. The summed E-state index contributed by atoms with van der Waals surface area (Å²) in [6.07, 6.45) is 3.69. The molecule has 0 bridgehead atoms. The molecule has 1 heterocycles. The van der Waals surface area contributed by atoms with Gasteiger partial charge in [-0.2, -0.15) is 0 Å². The SMILES string of the molecule is Cc1cc(Sc2nccn2C)ccc1C(=N)N. The Morgan fingerprint density at radius 1 is 1.47 bits per heavy atom. The molecule has 3 N–H and O–H groups in total. The van der Waals surface area contributed by atoms with Crippen molar-refractivity contribution in [2.75, 3.05) is 0 Å². The molecule has 0 aliphatic carbocycles. The average Bonchev–Trinajstić information content (AvgIpc) is 2.64. The van der Waals surface area contributed by atoms with Crippen LogP contribution in [-0.4, -0.2) is 15.4 Å². The van der Waals surface area contributed by atoms with E-state index in [0.717, 1.165) is 21.2 Å². The van der Waals surface area contributed by atoms with Gasteiger partial charge in [0.2, 0.25) is 0 Å². The molecule has 4 nitrogen and oxygen atoms in total. The molecule has 1 aromatic heterocycles. The second kappa shape index (κ2) is 4.63. The number of benzene rings is 1. The molecule has 5 heteroatoms. The van der Waals surface area contributed by atoms with E-state index in [1.165, 1.54) is 0 Å². The standard InChI is InChI=1S/C12H14N4S/c1-8-7-9(3-4-10(8)11(13)14)17-12-15-5-6-16(12)2/h3-7H,1-2H3,(H3,13,14). The number of imidazole rings is 1. The van der Waals surface area contributed by atoms with Gasteiger partial charge in [0, 0.05) is 29.9 Å². The molecule has 0 atom stereocenters. The minimum absolute atomic E-state index is 0.107. The predicted molar refractivity (Wildman–Crippen MR) is 69.5 cm³/mol. The smallest absolute Gasteiger partial charge is 0.172 e. The van der Waals surface area contributed by atoms with Gasteiger partial charge in [0.25, 0.3) is 0 Å². The van der Waals surface area contributed by atoms with Crippen molar-refractivity contribution in [1.82, 2.24) is 9.55 Å². The van der Waals surface area contributed by atoms with E-state index in [1.54, 1.807) is 18.0 Å². The number of aromatic nitrogens is 2. The van der Waals surface area contributed by atoms with E-state index in [-0.39, 0.29) is 5.84 Å². The van der Waals surface area contributed by atoms with E-state index in [9.17, 15) is 0 Å². The zero-order valence-electron chi connectivity index (χ0n) is 9.77. The van der Waals surface area contributed by atoms with Crippen LogP contribution in [0.4, 0.5) is 0 Å². The van der Waals surface area contributed by atoms with E-state index in [4.69, 9.17) is 11.1 Å². The maximum absolute atomic E-state index is 7.43. The number of nitrogens with zero attached hydrogens (tertiary/aromatic N) is 2. The molecule has 17 heavy (non-hydrogen) atoms. The third-order valence-electron chi connectivity index (χ3n) is 2.47. The molecule has 0 aliphatic rings. The van der Waals surface area contributed by atoms with Gasteiger partial charge in [-0.25, -0.2) is 4.98 Å². The summed E-state index contributed by atoms with van der Waals surface area (Å²) in [4.78, 5) is 5.36. The van der Waals surface area contributed by atoms with Crippen LogP contribution in [0.25, 0.3) is 0 Å². The Morgan fingerprint density at radius 2 is 2.24 bits per heavy atom. The third kappa shape index (κ3) is 2.50. The zero-order valence-corrected chi connectivity index (χ0v) is 10.6. The van der Waals surface area contributed by atoms with Crippen LogP contribution in [0.2, 0.25) is 0 Å². The number of hydrogen-bond acceptors (Lipinski definition) is 3. The molecule has 88 valence electrons. The van der Waals surface area contributed by atoms with Crippen LogP contribution in [-0.2, 0) is 7.05 Å². The molecule has 0 aliphatic heterocycles. The molecule has 0 saturated carbocycles. The highest BCUT2D eigenvalue weighted by Crippen LogP contribution is 2.27. The number of rotatable bonds is 3. The van der Waals surface area contributed by atoms with Crippen LogP contribution >= 0.6 is 11.8 Å². The van der Waals surface area contributed by atoms with Crippen LogP contribution < -0.4 is 5.73 Å². The van der Waals surface area contributed by atoms with Crippen molar-refractivity contribution < 1.29 is 0 Å². The minimum atomic E-state index is 0.107. The van der Waals surface area contributed by atoms with Crippen LogP contribution in [0.15, 0.2) is 40.6 Å². The molecule has 0 saturated heterocycles. The van der Waals surface area contributed by atoms with Crippen molar-refractivity contribution in [2.45, 2.75) is 17.0 Å². The first kappa shape index (κ1) is 11.7.